The average molecular weight is 519 g/mol. The molecule has 0 radical (unpaired) electrons. The first-order chi connectivity index (χ1) is 18.3. The molecule has 5 heterocycles. The number of nitrogens with one attached hydrogen (secondary N) is 2. The molecule has 1 atom stereocenters. The number of nitrogens with zero attached hydrogens (tertiary/aromatic N) is 4. The van der Waals surface area contributed by atoms with E-state index in [0.717, 1.165) is 19.6 Å². The molecule has 3 amide bonds. The summed E-state index contributed by atoms with van der Waals surface area (Å²) in [6.07, 6.45) is 6.27. The zero-order chi connectivity index (χ0) is 26.4. The van der Waals surface area contributed by atoms with Gasteiger partial charge in [0.2, 0.25) is 11.8 Å². The van der Waals surface area contributed by atoms with Gasteiger partial charge in [0.25, 0.3) is 5.91 Å². The molecule has 3 saturated heterocycles. The van der Waals surface area contributed by atoms with E-state index in [1.54, 1.807) is 0 Å². The van der Waals surface area contributed by atoms with Crippen molar-refractivity contribution in [3.05, 3.63) is 46.3 Å². The minimum absolute atomic E-state index is 0.00202. The summed E-state index contributed by atoms with van der Waals surface area (Å²) < 4.78 is 0. The molecular formula is C29H38N6O3. The molecule has 1 unspecified atom stereocenters. The lowest BCUT2D eigenvalue weighted by Gasteiger charge is -2.38. The van der Waals surface area contributed by atoms with Crippen molar-refractivity contribution < 1.29 is 14.4 Å². The maximum Gasteiger partial charge on any atom is 0.251 e. The lowest BCUT2D eigenvalue weighted by atomic mass is 9.86. The Morgan fingerprint density at radius 1 is 1.13 bits per heavy atom. The molecule has 1 aromatic carbocycles. The number of rotatable bonds is 5. The van der Waals surface area contributed by atoms with Crippen molar-refractivity contribution in [2.24, 2.45) is 10.9 Å². The normalized spacial score (nSPS) is 24.4. The standard InChI is InChI=1S/C29H38N6O3/c1-19-13-21-14-22(15-26(36)34-9-5-29(6-10-34)28(38)31-20(2)32-29)27(37)35(12-11-33-7-3-4-8-33)18-25(21)24-17-30-16-23(19)24/h13,17,22,32H,2-12,14-16,18H2,1H3,(H,31,38). The number of carbonyl (C=O) groups excluding carboxylic acids is 3. The summed E-state index contributed by atoms with van der Waals surface area (Å²) >= 11 is 0. The van der Waals surface area contributed by atoms with Crippen LogP contribution < -0.4 is 10.6 Å². The molecule has 9 heteroatoms. The van der Waals surface area contributed by atoms with Crippen molar-refractivity contribution in [1.82, 2.24) is 25.3 Å². The predicted octanol–water partition coefficient (Wildman–Crippen LogP) is 1.47. The molecular weight excluding hydrogens is 480 g/mol. The summed E-state index contributed by atoms with van der Waals surface area (Å²) in [6.45, 7) is 12.0. The molecule has 1 spiro atoms. The van der Waals surface area contributed by atoms with Crippen LogP contribution in [0.25, 0.3) is 0 Å². The Morgan fingerprint density at radius 2 is 1.89 bits per heavy atom. The molecule has 38 heavy (non-hydrogen) atoms. The molecule has 1 aromatic rings. The Morgan fingerprint density at radius 3 is 2.61 bits per heavy atom. The highest BCUT2D eigenvalue weighted by molar-refractivity contribution is 5.92. The van der Waals surface area contributed by atoms with Crippen LogP contribution in [0.3, 0.4) is 0 Å². The SMILES string of the molecule is C=C1NC(=O)C2(CCN(C(=O)CC3Cc4cc(C)c5c(c4CN(CCN4CCCC4)C3=O)C=NC5)CC2)N1. The van der Waals surface area contributed by atoms with Gasteiger partial charge in [-0.15, -0.1) is 0 Å². The Kier molecular flexibility index (Phi) is 6.50. The van der Waals surface area contributed by atoms with Crippen LogP contribution in [-0.2, 0) is 33.9 Å². The first kappa shape index (κ1) is 25.1. The summed E-state index contributed by atoms with van der Waals surface area (Å²) in [6, 6.07) is 2.22. The second-order valence-corrected chi connectivity index (χ2v) is 11.6. The van der Waals surface area contributed by atoms with Gasteiger partial charge in [-0.2, -0.15) is 0 Å². The summed E-state index contributed by atoms with van der Waals surface area (Å²) in [4.78, 5) is 50.7. The van der Waals surface area contributed by atoms with Gasteiger partial charge in [-0.05, 0) is 74.4 Å². The highest BCUT2D eigenvalue weighted by Crippen LogP contribution is 2.34. The third-order valence-electron chi connectivity index (χ3n) is 9.22. The van der Waals surface area contributed by atoms with E-state index in [-0.39, 0.29) is 30.1 Å². The molecule has 5 aliphatic heterocycles. The minimum atomic E-state index is -0.670. The van der Waals surface area contributed by atoms with Gasteiger partial charge in [0, 0.05) is 50.9 Å². The maximum atomic E-state index is 13.9. The van der Waals surface area contributed by atoms with E-state index in [9.17, 15) is 14.4 Å². The van der Waals surface area contributed by atoms with Crippen molar-refractivity contribution in [1.29, 1.82) is 0 Å². The highest BCUT2D eigenvalue weighted by atomic mass is 16.2. The van der Waals surface area contributed by atoms with Crippen molar-refractivity contribution in [3.8, 4) is 0 Å². The number of benzene rings is 1. The van der Waals surface area contributed by atoms with Crippen LogP contribution >= 0.6 is 0 Å². The molecule has 5 aliphatic rings. The Labute approximate surface area is 224 Å². The van der Waals surface area contributed by atoms with Gasteiger partial charge < -0.3 is 25.3 Å². The van der Waals surface area contributed by atoms with Gasteiger partial charge in [0.1, 0.15) is 5.54 Å². The summed E-state index contributed by atoms with van der Waals surface area (Å²) in [5, 5.41) is 5.94. The van der Waals surface area contributed by atoms with E-state index in [0.29, 0.717) is 57.8 Å². The van der Waals surface area contributed by atoms with Crippen LogP contribution in [0, 0.1) is 12.8 Å². The zero-order valence-electron chi connectivity index (χ0n) is 22.4. The molecule has 6 rings (SSSR count). The smallest absolute Gasteiger partial charge is 0.251 e. The van der Waals surface area contributed by atoms with Gasteiger partial charge in [-0.25, -0.2) is 0 Å². The number of fused-ring (bicyclic) bond motifs is 3. The van der Waals surface area contributed by atoms with E-state index < -0.39 is 5.54 Å². The van der Waals surface area contributed by atoms with Crippen molar-refractivity contribution in [2.75, 3.05) is 39.3 Å². The fraction of sp³-hybridized carbons (Fsp3) is 0.586. The fourth-order valence-corrected chi connectivity index (χ4v) is 6.93. The van der Waals surface area contributed by atoms with Crippen LogP contribution in [0.4, 0.5) is 0 Å². The highest BCUT2D eigenvalue weighted by Gasteiger charge is 2.46. The van der Waals surface area contributed by atoms with E-state index in [1.807, 2.05) is 16.0 Å². The van der Waals surface area contributed by atoms with Crippen LogP contribution in [-0.4, -0.2) is 83.4 Å². The lowest BCUT2D eigenvalue weighted by molar-refractivity contribution is -0.142. The number of aryl methyl sites for hydroxylation is 1. The molecule has 2 N–H and O–H groups in total. The van der Waals surface area contributed by atoms with Gasteiger partial charge >= 0.3 is 0 Å². The number of likely N-dealkylation sites (tertiary alicyclic amines) is 2. The molecule has 0 saturated carbocycles. The third-order valence-corrected chi connectivity index (χ3v) is 9.22. The van der Waals surface area contributed by atoms with Gasteiger partial charge in [0.15, 0.2) is 0 Å². The molecule has 3 fully saturated rings. The molecule has 202 valence electrons. The number of amides is 3. The second-order valence-electron chi connectivity index (χ2n) is 11.6. The van der Waals surface area contributed by atoms with E-state index in [4.69, 9.17) is 0 Å². The summed E-state index contributed by atoms with van der Waals surface area (Å²) in [5.41, 5.74) is 5.36. The van der Waals surface area contributed by atoms with Gasteiger partial charge in [-0.3, -0.25) is 19.4 Å². The monoisotopic (exact) mass is 518 g/mol. The topological polar surface area (TPSA) is 97.4 Å². The van der Waals surface area contributed by atoms with Gasteiger partial charge in [-0.1, -0.05) is 12.6 Å². The van der Waals surface area contributed by atoms with Crippen LogP contribution in [0.1, 0.15) is 59.9 Å². The van der Waals surface area contributed by atoms with Crippen molar-refractivity contribution >= 4 is 23.9 Å². The minimum Gasteiger partial charge on any atom is -0.358 e. The fourth-order valence-electron chi connectivity index (χ4n) is 6.93. The number of carbonyl (C=O) groups is 3. The largest absolute Gasteiger partial charge is 0.358 e. The first-order valence-electron chi connectivity index (χ1n) is 14.0. The van der Waals surface area contributed by atoms with Crippen molar-refractivity contribution in [3.63, 3.8) is 0 Å². The first-order valence-corrected chi connectivity index (χ1v) is 14.0. The lowest BCUT2D eigenvalue weighted by Crippen LogP contribution is -2.55. The Bertz CT molecular complexity index is 1210. The zero-order valence-corrected chi connectivity index (χ0v) is 22.4. The molecule has 0 aromatic heterocycles. The van der Waals surface area contributed by atoms with Crippen LogP contribution in [0.2, 0.25) is 0 Å². The predicted molar refractivity (Wildman–Crippen MR) is 144 cm³/mol. The number of hydrogen-bond acceptors (Lipinski definition) is 6. The molecule has 0 bridgehead atoms. The van der Waals surface area contributed by atoms with Gasteiger partial charge in [0.05, 0.1) is 18.3 Å². The number of aliphatic imine (C=N–C) groups is 1. The van der Waals surface area contributed by atoms with Crippen LogP contribution in [0.15, 0.2) is 23.5 Å². The third kappa shape index (κ3) is 4.51. The van der Waals surface area contributed by atoms with Crippen LogP contribution in [0.5, 0.6) is 0 Å². The molecule has 0 aliphatic carbocycles. The Balaban J connectivity index is 1.20. The quantitative estimate of drug-likeness (QED) is 0.615. The van der Waals surface area contributed by atoms with E-state index in [1.165, 1.54) is 40.7 Å². The maximum absolute atomic E-state index is 13.9. The second kappa shape index (κ2) is 9.84. The van der Waals surface area contributed by atoms with E-state index >= 15 is 0 Å². The number of hydrogen-bond donors (Lipinski definition) is 2. The Hall–Kier alpha value is -3.20. The number of piperidine rings is 1. The average Bonchev–Trinajstić information content (AvgIpc) is 3.63. The van der Waals surface area contributed by atoms with E-state index in [2.05, 4.69) is 40.1 Å². The summed E-state index contributed by atoms with van der Waals surface area (Å²) in [5.74, 6) is 0.153. The summed E-state index contributed by atoms with van der Waals surface area (Å²) in [7, 11) is 0. The molecule has 9 nitrogen and oxygen atoms in total. The van der Waals surface area contributed by atoms with Crippen molar-refractivity contribution in [2.45, 2.75) is 64.1 Å².